The highest BCUT2D eigenvalue weighted by atomic mass is 19.1. The summed E-state index contributed by atoms with van der Waals surface area (Å²) in [6.07, 6.45) is -0.0733. The van der Waals surface area contributed by atoms with E-state index in [2.05, 4.69) is 5.16 Å². The maximum atomic E-state index is 13.1. The number of methoxy groups -OCH3 is 1. The molecular weight excluding hydrogens is 331 g/mol. The number of ether oxygens (including phenoxy) is 1. The van der Waals surface area contributed by atoms with Gasteiger partial charge in [-0.2, -0.15) is 0 Å². The average Bonchev–Trinajstić information content (AvgIpc) is 3.08. The number of rotatable bonds is 4. The first-order chi connectivity index (χ1) is 12.0. The average molecular weight is 344 g/mol. The lowest BCUT2D eigenvalue weighted by molar-refractivity contribution is -0.386. The Balaban J connectivity index is 2.05. The summed E-state index contributed by atoms with van der Waals surface area (Å²) in [6.45, 7) is 0. The number of para-hydroxylation sites is 1. The number of hydrogen-bond acceptors (Lipinski definition) is 6. The molecule has 0 fully saturated rings. The van der Waals surface area contributed by atoms with Crippen LogP contribution in [0.4, 0.5) is 10.1 Å². The molecule has 0 aromatic heterocycles. The third-order valence-electron chi connectivity index (χ3n) is 3.96. The topological polar surface area (TPSA) is 91.0 Å². The van der Waals surface area contributed by atoms with Crippen molar-refractivity contribution < 1.29 is 23.7 Å². The molecule has 1 aliphatic rings. The molecule has 1 heterocycles. The van der Waals surface area contributed by atoms with Crippen molar-refractivity contribution in [3.8, 4) is 0 Å². The summed E-state index contributed by atoms with van der Waals surface area (Å²) >= 11 is 0. The standard InChI is InChI=1S/C17H13FN2O5/c1-24-16(21)17(13-4-2-3-5-15(13)20(22)23)10-14(19-25-17)11-6-8-12(18)9-7-11/h2-9H,10H2,1H3. The van der Waals surface area contributed by atoms with Crippen LogP contribution in [0.3, 0.4) is 0 Å². The summed E-state index contributed by atoms with van der Waals surface area (Å²) in [4.78, 5) is 28.6. The van der Waals surface area contributed by atoms with E-state index >= 15 is 0 Å². The van der Waals surface area contributed by atoms with Crippen molar-refractivity contribution in [2.24, 2.45) is 5.16 Å². The van der Waals surface area contributed by atoms with E-state index in [-0.39, 0.29) is 17.7 Å². The normalized spacial score (nSPS) is 19.0. The Hall–Kier alpha value is -3.29. The van der Waals surface area contributed by atoms with Crippen LogP contribution in [0.1, 0.15) is 17.5 Å². The molecule has 1 aliphatic heterocycles. The first-order valence-electron chi connectivity index (χ1n) is 7.31. The monoisotopic (exact) mass is 344 g/mol. The van der Waals surface area contributed by atoms with E-state index < -0.39 is 22.3 Å². The SMILES string of the molecule is COC(=O)C1(c2ccccc2[N+](=O)[O-])CC(c2ccc(F)cc2)=NO1. The zero-order chi connectivity index (χ0) is 18.0. The molecule has 3 rings (SSSR count). The molecule has 2 aromatic carbocycles. The smallest absolute Gasteiger partial charge is 0.358 e. The van der Waals surface area contributed by atoms with E-state index in [1.54, 1.807) is 6.07 Å². The molecule has 0 spiro atoms. The van der Waals surface area contributed by atoms with E-state index in [4.69, 9.17) is 9.57 Å². The van der Waals surface area contributed by atoms with Crippen molar-refractivity contribution in [3.63, 3.8) is 0 Å². The zero-order valence-corrected chi connectivity index (χ0v) is 13.1. The lowest BCUT2D eigenvalue weighted by Crippen LogP contribution is -2.38. The lowest BCUT2D eigenvalue weighted by Gasteiger charge is -2.23. The molecule has 25 heavy (non-hydrogen) atoms. The number of hydrogen-bond donors (Lipinski definition) is 0. The Bertz CT molecular complexity index is 866. The van der Waals surface area contributed by atoms with E-state index in [1.165, 1.54) is 42.5 Å². The van der Waals surface area contributed by atoms with Gasteiger partial charge in [0.1, 0.15) is 5.82 Å². The molecule has 128 valence electrons. The van der Waals surface area contributed by atoms with E-state index in [1.807, 2.05) is 0 Å². The molecular formula is C17H13FN2O5. The van der Waals surface area contributed by atoms with E-state index in [0.717, 1.165) is 7.11 Å². The van der Waals surface area contributed by atoms with Crippen LogP contribution in [0, 0.1) is 15.9 Å². The highest BCUT2D eigenvalue weighted by Crippen LogP contribution is 2.41. The molecule has 2 aromatic rings. The number of carbonyl (C=O) groups is 1. The van der Waals surface area contributed by atoms with Gasteiger partial charge in [-0.3, -0.25) is 10.1 Å². The second-order valence-electron chi connectivity index (χ2n) is 5.41. The Morgan fingerprint density at radius 1 is 1.28 bits per heavy atom. The summed E-state index contributed by atoms with van der Waals surface area (Å²) in [5.41, 5.74) is -1.08. The Kier molecular flexibility index (Phi) is 4.18. The molecule has 0 saturated carbocycles. The fraction of sp³-hybridized carbons (Fsp3) is 0.176. The predicted molar refractivity (Wildman–Crippen MR) is 85.4 cm³/mol. The molecule has 0 aliphatic carbocycles. The largest absolute Gasteiger partial charge is 0.466 e. The Labute approximate surface area is 141 Å². The van der Waals surface area contributed by atoms with Crippen LogP contribution < -0.4 is 0 Å². The van der Waals surface area contributed by atoms with Crippen molar-refractivity contribution in [1.29, 1.82) is 0 Å². The minimum Gasteiger partial charge on any atom is -0.466 e. The summed E-state index contributed by atoms with van der Waals surface area (Å²) in [5, 5.41) is 15.2. The quantitative estimate of drug-likeness (QED) is 0.483. The summed E-state index contributed by atoms with van der Waals surface area (Å²) in [7, 11) is 1.16. The predicted octanol–water partition coefficient (Wildman–Crippen LogP) is 2.93. The van der Waals surface area contributed by atoms with Crippen molar-refractivity contribution in [1.82, 2.24) is 0 Å². The van der Waals surface area contributed by atoms with Gasteiger partial charge in [0.05, 0.1) is 29.7 Å². The second kappa shape index (κ2) is 6.31. The maximum absolute atomic E-state index is 13.1. The van der Waals surface area contributed by atoms with Crippen LogP contribution in [0.15, 0.2) is 53.7 Å². The maximum Gasteiger partial charge on any atom is 0.358 e. The molecule has 0 bridgehead atoms. The number of esters is 1. The summed E-state index contributed by atoms with van der Waals surface area (Å²) in [5.74, 6) is -1.22. The molecule has 1 unspecified atom stereocenters. The fourth-order valence-electron chi connectivity index (χ4n) is 2.73. The highest BCUT2D eigenvalue weighted by molar-refractivity contribution is 6.05. The van der Waals surface area contributed by atoms with Gasteiger partial charge >= 0.3 is 5.97 Å². The van der Waals surface area contributed by atoms with Crippen LogP contribution in [0.25, 0.3) is 0 Å². The third-order valence-corrected chi connectivity index (χ3v) is 3.96. The zero-order valence-electron chi connectivity index (χ0n) is 13.1. The number of nitro benzene ring substituents is 1. The number of nitro groups is 1. The van der Waals surface area contributed by atoms with Gasteiger partial charge in [0.15, 0.2) is 0 Å². The van der Waals surface area contributed by atoms with Gasteiger partial charge in [-0.15, -0.1) is 0 Å². The molecule has 8 heteroatoms. The number of halogens is 1. The van der Waals surface area contributed by atoms with Crippen molar-refractivity contribution in [2.45, 2.75) is 12.0 Å². The minimum absolute atomic E-state index is 0.0488. The number of carbonyl (C=O) groups excluding carboxylic acids is 1. The minimum atomic E-state index is -1.76. The van der Waals surface area contributed by atoms with Crippen LogP contribution in [0.2, 0.25) is 0 Å². The molecule has 7 nitrogen and oxygen atoms in total. The van der Waals surface area contributed by atoms with Crippen LogP contribution in [-0.2, 0) is 20.0 Å². The second-order valence-corrected chi connectivity index (χ2v) is 5.41. The van der Waals surface area contributed by atoms with Gasteiger partial charge in [-0.25, -0.2) is 9.18 Å². The Morgan fingerprint density at radius 3 is 2.60 bits per heavy atom. The van der Waals surface area contributed by atoms with Gasteiger partial charge in [0, 0.05) is 6.07 Å². The van der Waals surface area contributed by atoms with Gasteiger partial charge in [0.25, 0.3) is 11.3 Å². The molecule has 0 amide bonds. The number of oxime groups is 1. The highest BCUT2D eigenvalue weighted by Gasteiger charge is 2.53. The van der Waals surface area contributed by atoms with Gasteiger partial charge < -0.3 is 9.57 Å². The molecule has 0 N–H and O–H groups in total. The first-order valence-corrected chi connectivity index (χ1v) is 7.31. The summed E-state index contributed by atoms with van der Waals surface area (Å²) < 4.78 is 17.9. The van der Waals surface area contributed by atoms with Crippen molar-refractivity contribution in [3.05, 3.63) is 75.6 Å². The fourth-order valence-corrected chi connectivity index (χ4v) is 2.73. The lowest BCUT2D eigenvalue weighted by atomic mass is 9.86. The first kappa shape index (κ1) is 16.6. The summed E-state index contributed by atoms with van der Waals surface area (Å²) in [6, 6.07) is 11.2. The van der Waals surface area contributed by atoms with Crippen molar-refractivity contribution in [2.75, 3.05) is 7.11 Å². The molecule has 0 radical (unpaired) electrons. The number of benzene rings is 2. The van der Waals surface area contributed by atoms with Gasteiger partial charge in [0.2, 0.25) is 0 Å². The van der Waals surface area contributed by atoms with Crippen LogP contribution in [-0.4, -0.2) is 23.7 Å². The number of nitrogens with zero attached hydrogens (tertiary/aromatic N) is 2. The Morgan fingerprint density at radius 2 is 1.96 bits per heavy atom. The van der Waals surface area contributed by atoms with Gasteiger partial charge in [-0.05, 0) is 23.8 Å². The van der Waals surface area contributed by atoms with E-state index in [0.29, 0.717) is 11.3 Å². The molecule has 1 atom stereocenters. The van der Waals surface area contributed by atoms with E-state index in [9.17, 15) is 19.3 Å². The third kappa shape index (κ3) is 2.82. The van der Waals surface area contributed by atoms with Crippen LogP contribution >= 0.6 is 0 Å². The van der Waals surface area contributed by atoms with Gasteiger partial charge in [-0.1, -0.05) is 29.4 Å². The van der Waals surface area contributed by atoms with Crippen molar-refractivity contribution >= 4 is 17.4 Å². The molecule has 0 saturated heterocycles. The van der Waals surface area contributed by atoms with Crippen LogP contribution in [0.5, 0.6) is 0 Å².